The Balaban J connectivity index is 2.34. The van der Waals surface area contributed by atoms with Gasteiger partial charge in [-0.25, -0.2) is 0 Å². The monoisotopic (exact) mass is 276 g/mol. The lowest BCUT2D eigenvalue weighted by molar-refractivity contribution is 0.415. The molecule has 0 fully saturated rings. The van der Waals surface area contributed by atoms with Gasteiger partial charge >= 0.3 is 0 Å². The standard InChI is InChI=1S/C18H16N2O/c1-12-4-6-13(7-5-12)18-16(11-19)15-9-8-14(21-3)10-17(15)20(18)2/h4-10H,1-3H3. The van der Waals surface area contributed by atoms with Gasteiger partial charge < -0.3 is 9.30 Å². The third-order valence-corrected chi connectivity index (χ3v) is 3.84. The van der Waals surface area contributed by atoms with Crippen LogP contribution in [-0.2, 0) is 7.05 Å². The minimum atomic E-state index is 0.707. The topological polar surface area (TPSA) is 37.9 Å². The molecule has 1 heterocycles. The van der Waals surface area contributed by atoms with Gasteiger partial charge in [-0.05, 0) is 24.6 Å². The second-order valence-electron chi connectivity index (χ2n) is 5.14. The van der Waals surface area contributed by atoms with Crippen molar-refractivity contribution in [3.63, 3.8) is 0 Å². The number of aryl methyl sites for hydroxylation is 2. The third kappa shape index (κ3) is 2.05. The van der Waals surface area contributed by atoms with Crippen LogP contribution in [0.2, 0.25) is 0 Å². The molecule has 2 aromatic carbocycles. The molecule has 3 aromatic rings. The molecule has 0 spiro atoms. The van der Waals surface area contributed by atoms with Crippen molar-refractivity contribution in [2.24, 2.45) is 7.05 Å². The van der Waals surface area contributed by atoms with Crippen LogP contribution >= 0.6 is 0 Å². The lowest BCUT2D eigenvalue weighted by Crippen LogP contribution is -1.93. The van der Waals surface area contributed by atoms with Crippen molar-refractivity contribution < 1.29 is 4.74 Å². The van der Waals surface area contributed by atoms with Gasteiger partial charge in [-0.2, -0.15) is 5.26 Å². The summed E-state index contributed by atoms with van der Waals surface area (Å²) in [5.41, 5.74) is 4.91. The third-order valence-electron chi connectivity index (χ3n) is 3.84. The van der Waals surface area contributed by atoms with Crippen molar-refractivity contribution in [1.82, 2.24) is 4.57 Å². The van der Waals surface area contributed by atoms with Gasteiger partial charge in [0.1, 0.15) is 11.8 Å². The fourth-order valence-electron chi connectivity index (χ4n) is 2.71. The molecule has 0 amide bonds. The highest BCUT2D eigenvalue weighted by Gasteiger charge is 2.16. The summed E-state index contributed by atoms with van der Waals surface area (Å²) in [4.78, 5) is 0. The molecule has 0 N–H and O–H groups in total. The number of nitrogens with zero attached hydrogens (tertiary/aromatic N) is 2. The van der Waals surface area contributed by atoms with Gasteiger partial charge in [0.05, 0.1) is 23.9 Å². The quantitative estimate of drug-likeness (QED) is 0.708. The van der Waals surface area contributed by atoms with Crippen LogP contribution < -0.4 is 4.74 Å². The molecule has 3 heteroatoms. The van der Waals surface area contributed by atoms with E-state index in [0.717, 1.165) is 27.9 Å². The molecule has 0 saturated carbocycles. The van der Waals surface area contributed by atoms with E-state index in [-0.39, 0.29) is 0 Å². The largest absolute Gasteiger partial charge is 0.497 e. The molecule has 0 unspecified atom stereocenters. The number of methoxy groups -OCH3 is 1. The smallest absolute Gasteiger partial charge is 0.120 e. The summed E-state index contributed by atoms with van der Waals surface area (Å²) in [5.74, 6) is 0.794. The predicted molar refractivity (Wildman–Crippen MR) is 84.4 cm³/mol. The van der Waals surface area contributed by atoms with Crippen molar-refractivity contribution in [1.29, 1.82) is 5.26 Å². The zero-order valence-electron chi connectivity index (χ0n) is 12.3. The molecular formula is C18H16N2O. The summed E-state index contributed by atoms with van der Waals surface area (Å²) in [6.45, 7) is 2.06. The summed E-state index contributed by atoms with van der Waals surface area (Å²) in [6, 6.07) is 16.4. The first-order chi connectivity index (χ1) is 10.2. The van der Waals surface area contributed by atoms with Gasteiger partial charge in [0.15, 0.2) is 0 Å². The maximum Gasteiger partial charge on any atom is 0.120 e. The number of ether oxygens (including phenoxy) is 1. The van der Waals surface area contributed by atoms with Crippen LogP contribution in [0.3, 0.4) is 0 Å². The molecule has 1 aromatic heterocycles. The number of hydrogen-bond donors (Lipinski definition) is 0. The van der Waals surface area contributed by atoms with E-state index in [4.69, 9.17) is 4.74 Å². The van der Waals surface area contributed by atoms with Crippen LogP contribution in [0.4, 0.5) is 0 Å². The van der Waals surface area contributed by atoms with E-state index in [1.807, 2.05) is 25.2 Å². The summed E-state index contributed by atoms with van der Waals surface area (Å²) >= 11 is 0. The SMILES string of the molecule is COc1ccc2c(C#N)c(-c3ccc(C)cc3)n(C)c2c1. The Labute approximate surface area is 124 Å². The van der Waals surface area contributed by atoms with Crippen molar-refractivity contribution in [3.05, 3.63) is 53.6 Å². The average Bonchev–Trinajstić information content (AvgIpc) is 2.80. The Kier molecular flexibility index (Phi) is 3.15. The molecule has 0 bridgehead atoms. The van der Waals surface area contributed by atoms with E-state index in [0.29, 0.717) is 5.56 Å². The van der Waals surface area contributed by atoms with Gasteiger partial charge in [-0.1, -0.05) is 29.8 Å². The fraction of sp³-hybridized carbons (Fsp3) is 0.167. The summed E-state index contributed by atoms with van der Waals surface area (Å²) in [5, 5.41) is 10.5. The molecule has 3 nitrogen and oxygen atoms in total. The minimum Gasteiger partial charge on any atom is -0.497 e. The second kappa shape index (κ2) is 4.99. The molecule has 3 rings (SSSR count). The molecule has 0 saturated heterocycles. The van der Waals surface area contributed by atoms with Crippen molar-refractivity contribution >= 4 is 10.9 Å². The zero-order valence-corrected chi connectivity index (χ0v) is 12.3. The minimum absolute atomic E-state index is 0.707. The Morgan fingerprint density at radius 2 is 1.81 bits per heavy atom. The van der Waals surface area contributed by atoms with E-state index in [9.17, 15) is 5.26 Å². The maximum atomic E-state index is 9.58. The molecule has 0 aliphatic rings. The summed E-state index contributed by atoms with van der Waals surface area (Å²) in [6.07, 6.45) is 0. The number of nitriles is 1. The van der Waals surface area contributed by atoms with Gasteiger partial charge in [0, 0.05) is 18.5 Å². The molecule has 0 aliphatic carbocycles. The highest BCUT2D eigenvalue weighted by atomic mass is 16.5. The van der Waals surface area contributed by atoms with E-state index in [1.54, 1.807) is 7.11 Å². The Hall–Kier alpha value is -2.73. The van der Waals surface area contributed by atoms with Crippen molar-refractivity contribution in [2.45, 2.75) is 6.92 Å². The van der Waals surface area contributed by atoms with E-state index >= 15 is 0 Å². The first-order valence-corrected chi connectivity index (χ1v) is 6.79. The number of aromatic nitrogens is 1. The van der Waals surface area contributed by atoms with E-state index < -0.39 is 0 Å². The number of rotatable bonds is 2. The summed E-state index contributed by atoms with van der Waals surface area (Å²) < 4.78 is 7.34. The first-order valence-electron chi connectivity index (χ1n) is 6.79. The van der Waals surface area contributed by atoms with Gasteiger partial charge in [0.25, 0.3) is 0 Å². The van der Waals surface area contributed by atoms with Crippen molar-refractivity contribution in [2.75, 3.05) is 7.11 Å². The van der Waals surface area contributed by atoms with Crippen LogP contribution in [0, 0.1) is 18.3 Å². The lowest BCUT2D eigenvalue weighted by atomic mass is 10.0. The highest BCUT2D eigenvalue weighted by Crippen LogP contribution is 2.34. The number of hydrogen-bond acceptors (Lipinski definition) is 2. The molecule has 21 heavy (non-hydrogen) atoms. The van der Waals surface area contributed by atoms with Gasteiger partial charge in [-0.3, -0.25) is 0 Å². The van der Waals surface area contributed by atoms with Crippen LogP contribution in [0.1, 0.15) is 11.1 Å². The Bertz CT molecular complexity index is 852. The van der Waals surface area contributed by atoms with Crippen LogP contribution in [0.15, 0.2) is 42.5 Å². The summed E-state index contributed by atoms with van der Waals surface area (Å²) in [7, 11) is 3.63. The number of benzene rings is 2. The highest BCUT2D eigenvalue weighted by molar-refractivity contribution is 5.95. The fourth-order valence-corrected chi connectivity index (χ4v) is 2.71. The van der Waals surface area contributed by atoms with Gasteiger partial charge in [0.2, 0.25) is 0 Å². The van der Waals surface area contributed by atoms with Crippen LogP contribution in [-0.4, -0.2) is 11.7 Å². The first kappa shape index (κ1) is 13.3. The maximum absolute atomic E-state index is 9.58. The van der Waals surface area contributed by atoms with Crippen LogP contribution in [0.5, 0.6) is 5.75 Å². The molecule has 0 aliphatic heterocycles. The molecule has 104 valence electrons. The van der Waals surface area contributed by atoms with E-state index in [1.165, 1.54) is 5.56 Å². The molecular weight excluding hydrogens is 260 g/mol. The van der Waals surface area contributed by atoms with Crippen molar-refractivity contribution in [3.8, 4) is 23.1 Å². The Morgan fingerprint density at radius 3 is 2.43 bits per heavy atom. The zero-order chi connectivity index (χ0) is 15.0. The normalized spacial score (nSPS) is 10.6. The lowest BCUT2D eigenvalue weighted by Gasteiger charge is -2.06. The predicted octanol–water partition coefficient (Wildman–Crippen LogP) is 4.03. The number of fused-ring (bicyclic) bond motifs is 1. The molecule has 0 radical (unpaired) electrons. The van der Waals surface area contributed by atoms with Crippen LogP contribution in [0.25, 0.3) is 22.2 Å². The Morgan fingerprint density at radius 1 is 1.10 bits per heavy atom. The second-order valence-corrected chi connectivity index (χ2v) is 5.14. The average molecular weight is 276 g/mol. The van der Waals surface area contributed by atoms with E-state index in [2.05, 4.69) is 41.8 Å². The molecule has 0 atom stereocenters. The van der Waals surface area contributed by atoms with Gasteiger partial charge in [-0.15, -0.1) is 0 Å².